The first-order valence-electron chi connectivity index (χ1n) is 17.1. The van der Waals surface area contributed by atoms with Crippen molar-refractivity contribution in [2.24, 2.45) is 15.9 Å². The van der Waals surface area contributed by atoms with Crippen LogP contribution < -0.4 is 5.32 Å². The molecule has 0 bridgehead atoms. The van der Waals surface area contributed by atoms with Crippen molar-refractivity contribution in [1.82, 2.24) is 24.4 Å². The van der Waals surface area contributed by atoms with Crippen molar-refractivity contribution >= 4 is 41.3 Å². The average Bonchev–Trinajstić information content (AvgIpc) is 3.44. The van der Waals surface area contributed by atoms with Gasteiger partial charge in [0.25, 0.3) is 11.8 Å². The van der Waals surface area contributed by atoms with Gasteiger partial charge in [0, 0.05) is 92.6 Å². The normalized spacial score (nSPS) is 24.8. The number of aromatic nitrogens is 3. The number of amidine groups is 1. The number of hydrogen-bond donors (Lipinski definition) is 1. The number of fused-ring (bicyclic) bond motifs is 1. The molecule has 11 nitrogen and oxygen atoms in total. The van der Waals surface area contributed by atoms with E-state index in [1.807, 2.05) is 48.4 Å². The lowest BCUT2D eigenvalue weighted by atomic mass is 9.78. The Bertz CT molecular complexity index is 1750. The highest BCUT2D eigenvalue weighted by Crippen LogP contribution is 2.36. The molecule has 3 aromatic heterocycles. The molecule has 1 saturated heterocycles. The molecule has 2 aliphatic carbocycles. The quantitative estimate of drug-likeness (QED) is 0.232. The molecule has 3 fully saturated rings. The second-order valence-corrected chi connectivity index (χ2v) is 13.3. The summed E-state index contributed by atoms with van der Waals surface area (Å²) in [6.07, 6.45) is 10.3. The molecular weight excluding hydrogens is 630 g/mol. The van der Waals surface area contributed by atoms with Gasteiger partial charge in [-0.15, -0.1) is 0 Å². The second-order valence-electron chi connectivity index (χ2n) is 13.3. The van der Waals surface area contributed by atoms with E-state index in [0.29, 0.717) is 49.2 Å². The van der Waals surface area contributed by atoms with Crippen LogP contribution >= 0.6 is 0 Å². The fraction of sp³-hybridized carbons (Fsp3) is 0.500. The van der Waals surface area contributed by atoms with Crippen LogP contribution in [0.3, 0.4) is 0 Å². The molecule has 0 aromatic carbocycles. The zero-order valence-electron chi connectivity index (χ0n) is 28.3. The third-order valence-corrected chi connectivity index (χ3v) is 9.61. The van der Waals surface area contributed by atoms with Crippen molar-refractivity contribution in [3.05, 3.63) is 65.7 Å². The summed E-state index contributed by atoms with van der Waals surface area (Å²) in [7, 11) is 0. The molecule has 13 heteroatoms. The number of carbonyl (C=O) groups is 2. The van der Waals surface area contributed by atoms with Crippen LogP contribution in [0.4, 0.5) is 14.6 Å². The van der Waals surface area contributed by atoms with Crippen LogP contribution in [0.1, 0.15) is 74.0 Å². The number of amides is 2. The number of aliphatic imine (C=N–C) groups is 2. The molecule has 1 aliphatic heterocycles. The molecule has 3 aliphatic rings. The van der Waals surface area contributed by atoms with Crippen molar-refractivity contribution < 1.29 is 23.1 Å². The zero-order valence-corrected chi connectivity index (χ0v) is 28.3. The Morgan fingerprint density at radius 1 is 1.18 bits per heavy atom. The lowest BCUT2D eigenvalue weighted by Crippen LogP contribution is -2.60. The van der Waals surface area contributed by atoms with E-state index in [0.717, 1.165) is 36.2 Å². The topological polar surface area (TPSA) is 117 Å². The van der Waals surface area contributed by atoms with Crippen LogP contribution in [0.2, 0.25) is 0 Å². The molecule has 260 valence electrons. The summed E-state index contributed by atoms with van der Waals surface area (Å²) in [5.41, 5.74) is 3.18. The predicted octanol–water partition coefficient (Wildman–Crippen LogP) is 5.66. The van der Waals surface area contributed by atoms with E-state index >= 15 is 0 Å². The van der Waals surface area contributed by atoms with E-state index in [-0.39, 0.29) is 43.2 Å². The number of rotatable bonds is 9. The van der Waals surface area contributed by atoms with Crippen molar-refractivity contribution in [2.45, 2.75) is 83.4 Å². The molecular formula is C36H44F2N8O3. The van der Waals surface area contributed by atoms with Crippen molar-refractivity contribution in [2.75, 3.05) is 31.6 Å². The minimum absolute atomic E-state index is 0.0354. The summed E-state index contributed by atoms with van der Waals surface area (Å²) in [5.74, 6) is -1.86. The highest BCUT2D eigenvalue weighted by molar-refractivity contribution is 5.94. The SMILES string of the molecule is C\C=N/C(COC1CCCC(F)(F)C1)=N\C=C\c1ccn2nc(NC(=O)C3CC(N4CCN(C(=O)c5ccnc(C)c5)CC4C)C3)cc2c1. The number of aryl methyl sites for hydroxylation is 1. The number of ether oxygens (including phenoxy) is 1. The van der Waals surface area contributed by atoms with E-state index in [9.17, 15) is 18.4 Å². The summed E-state index contributed by atoms with van der Waals surface area (Å²) < 4.78 is 34.9. The highest BCUT2D eigenvalue weighted by Gasteiger charge is 2.42. The van der Waals surface area contributed by atoms with Crippen molar-refractivity contribution in [3.63, 3.8) is 0 Å². The van der Waals surface area contributed by atoms with Gasteiger partial charge in [-0.3, -0.25) is 19.5 Å². The summed E-state index contributed by atoms with van der Waals surface area (Å²) in [6, 6.07) is 9.76. The lowest BCUT2D eigenvalue weighted by Gasteiger charge is -2.49. The molecule has 2 amide bonds. The fourth-order valence-corrected chi connectivity index (χ4v) is 6.96. The van der Waals surface area contributed by atoms with Crippen LogP contribution in [-0.2, 0) is 9.53 Å². The van der Waals surface area contributed by atoms with Gasteiger partial charge in [0.15, 0.2) is 11.7 Å². The predicted molar refractivity (Wildman–Crippen MR) is 185 cm³/mol. The Balaban J connectivity index is 0.979. The van der Waals surface area contributed by atoms with E-state index < -0.39 is 12.0 Å². The van der Waals surface area contributed by atoms with Crippen LogP contribution in [0, 0.1) is 12.8 Å². The number of anilines is 1. The maximum absolute atomic E-state index is 13.7. The molecule has 3 aromatic rings. The Kier molecular flexibility index (Phi) is 10.6. The number of piperazine rings is 1. The third kappa shape index (κ3) is 8.63. The smallest absolute Gasteiger partial charge is 0.254 e. The number of nitrogens with zero attached hydrogens (tertiary/aromatic N) is 7. The van der Waals surface area contributed by atoms with Gasteiger partial charge < -0.3 is 15.0 Å². The van der Waals surface area contributed by atoms with Crippen molar-refractivity contribution in [3.8, 4) is 0 Å². The summed E-state index contributed by atoms with van der Waals surface area (Å²) >= 11 is 0. The average molecular weight is 675 g/mol. The van der Waals surface area contributed by atoms with Crippen LogP contribution in [0.25, 0.3) is 11.6 Å². The number of halogens is 2. The molecule has 0 radical (unpaired) electrons. The summed E-state index contributed by atoms with van der Waals surface area (Å²) in [4.78, 5) is 43.3. The van der Waals surface area contributed by atoms with E-state index in [2.05, 4.69) is 37.2 Å². The maximum Gasteiger partial charge on any atom is 0.254 e. The number of pyridine rings is 2. The number of nitrogens with one attached hydrogen (secondary N) is 1. The van der Waals surface area contributed by atoms with Gasteiger partial charge in [-0.2, -0.15) is 5.10 Å². The Morgan fingerprint density at radius 3 is 2.78 bits per heavy atom. The molecule has 1 N–H and O–H groups in total. The fourth-order valence-electron chi connectivity index (χ4n) is 6.96. The third-order valence-electron chi connectivity index (χ3n) is 9.61. The number of alkyl halides is 2. The lowest BCUT2D eigenvalue weighted by molar-refractivity contribution is -0.125. The first kappa shape index (κ1) is 34.5. The number of carbonyl (C=O) groups excluding carboxylic acids is 2. The van der Waals surface area contributed by atoms with E-state index in [1.54, 1.807) is 36.1 Å². The van der Waals surface area contributed by atoms with Crippen LogP contribution in [-0.4, -0.2) is 98.6 Å². The summed E-state index contributed by atoms with van der Waals surface area (Å²) in [6.45, 7) is 7.96. The molecule has 0 spiro atoms. The Hall–Kier alpha value is -4.36. The highest BCUT2D eigenvalue weighted by atomic mass is 19.3. The second kappa shape index (κ2) is 15.0. The molecule has 2 saturated carbocycles. The summed E-state index contributed by atoms with van der Waals surface area (Å²) in [5, 5.41) is 7.50. The van der Waals surface area contributed by atoms with E-state index in [1.165, 1.54) is 0 Å². The Labute approximate surface area is 285 Å². The van der Waals surface area contributed by atoms with Gasteiger partial charge in [0.05, 0.1) is 11.6 Å². The first-order valence-corrected chi connectivity index (χ1v) is 17.1. The van der Waals surface area contributed by atoms with Crippen LogP contribution in [0.15, 0.2) is 58.9 Å². The van der Waals surface area contributed by atoms with Crippen LogP contribution in [0.5, 0.6) is 0 Å². The first-order chi connectivity index (χ1) is 23.6. The molecule has 2 atom stereocenters. The van der Waals surface area contributed by atoms with Gasteiger partial charge >= 0.3 is 0 Å². The zero-order chi connectivity index (χ0) is 34.5. The maximum atomic E-state index is 13.7. The monoisotopic (exact) mass is 674 g/mol. The van der Waals surface area contributed by atoms with Gasteiger partial charge in [0.2, 0.25) is 5.91 Å². The largest absolute Gasteiger partial charge is 0.370 e. The molecule has 2 unspecified atom stereocenters. The van der Waals surface area contributed by atoms with Gasteiger partial charge in [-0.25, -0.2) is 23.3 Å². The number of hydrogen-bond acceptors (Lipinski definition) is 7. The standard InChI is InChI=1S/C36H44F2N8O3/c1-4-39-33(23-49-31-6-5-10-36(37,38)21-31)41-11-7-26-9-13-46-30(17-26)20-32(43-46)42-34(47)28-18-29(19-28)45-15-14-44(22-25(45)3)35(48)27-8-12-40-24(2)16-27/h4,7-9,11-13,16-17,20,25,28-29,31H,5-6,10,14-15,18-19,21-23H2,1-3H3,(H,42,43,47)/b11-7+,39-4-,41-33-. The Morgan fingerprint density at radius 2 is 2.02 bits per heavy atom. The van der Waals surface area contributed by atoms with E-state index in [4.69, 9.17) is 4.74 Å². The molecule has 49 heavy (non-hydrogen) atoms. The van der Waals surface area contributed by atoms with Gasteiger partial charge in [-0.05, 0) is 82.4 Å². The minimum Gasteiger partial charge on any atom is -0.370 e. The van der Waals surface area contributed by atoms with Crippen molar-refractivity contribution in [1.29, 1.82) is 0 Å². The molecule has 4 heterocycles. The molecule has 6 rings (SSSR count). The minimum atomic E-state index is -2.68. The van der Waals surface area contributed by atoms with Gasteiger partial charge in [-0.1, -0.05) is 0 Å². The van der Waals surface area contributed by atoms with Gasteiger partial charge in [0.1, 0.15) is 6.61 Å².